The molecule has 3 N–H and O–H groups in total. The molecule has 1 saturated heterocycles. The van der Waals surface area contributed by atoms with Gasteiger partial charge in [0, 0.05) is 25.7 Å². The van der Waals surface area contributed by atoms with Gasteiger partial charge in [-0.2, -0.15) is 0 Å². The van der Waals surface area contributed by atoms with E-state index in [-0.39, 0.29) is 12.6 Å². The van der Waals surface area contributed by atoms with Crippen molar-refractivity contribution in [3.05, 3.63) is 47.1 Å². The van der Waals surface area contributed by atoms with Gasteiger partial charge in [-0.15, -0.1) is 11.3 Å². The van der Waals surface area contributed by atoms with E-state index in [0.717, 1.165) is 38.1 Å². The van der Waals surface area contributed by atoms with Crippen LogP contribution in [0.2, 0.25) is 0 Å². The van der Waals surface area contributed by atoms with Crippen LogP contribution in [-0.4, -0.2) is 44.1 Å². The van der Waals surface area contributed by atoms with E-state index < -0.39 is 29.0 Å². The Morgan fingerprint density at radius 1 is 1.20 bits per heavy atom. The number of carbonyl (C=O) groups excluding carboxylic acids is 1. The highest BCUT2D eigenvalue weighted by molar-refractivity contribution is 7.14. The van der Waals surface area contributed by atoms with E-state index in [2.05, 4.69) is 37.3 Å². The average molecular weight is 440 g/mol. The molecule has 6 nitrogen and oxygen atoms in total. The number of benzene rings is 1. The lowest BCUT2D eigenvalue weighted by atomic mass is 10.1. The Morgan fingerprint density at radius 3 is 2.63 bits per heavy atom. The van der Waals surface area contributed by atoms with Gasteiger partial charge in [0.15, 0.2) is 23.4 Å². The van der Waals surface area contributed by atoms with Gasteiger partial charge in [-0.3, -0.25) is 4.79 Å². The van der Waals surface area contributed by atoms with Gasteiger partial charge in [-0.05, 0) is 49.4 Å². The maximum absolute atomic E-state index is 13.7. The molecule has 0 radical (unpaired) electrons. The lowest BCUT2D eigenvalue weighted by Gasteiger charge is -2.33. The number of rotatable bonds is 6. The van der Waals surface area contributed by atoms with E-state index in [1.807, 2.05) is 13.0 Å². The molecule has 30 heavy (non-hydrogen) atoms. The second-order valence-corrected chi connectivity index (χ2v) is 7.75. The Morgan fingerprint density at radius 2 is 1.97 bits per heavy atom. The maximum atomic E-state index is 13.7. The number of carbonyl (C=O) groups is 1. The number of guanidine groups is 1. The summed E-state index contributed by atoms with van der Waals surface area (Å²) in [4.78, 5) is 18.6. The fourth-order valence-electron chi connectivity index (χ4n) is 3.17. The summed E-state index contributed by atoms with van der Waals surface area (Å²) in [5, 5.41) is 11.9. The molecular weight excluding hydrogens is 415 g/mol. The number of nitrogens with zero attached hydrogens (tertiary/aromatic N) is 2. The predicted molar refractivity (Wildman–Crippen MR) is 114 cm³/mol. The Labute approximate surface area is 177 Å². The van der Waals surface area contributed by atoms with Crippen molar-refractivity contribution in [3.8, 4) is 0 Å². The van der Waals surface area contributed by atoms with Crippen molar-refractivity contribution in [1.82, 2.24) is 10.6 Å². The fourth-order valence-corrected chi connectivity index (χ4v) is 3.96. The van der Waals surface area contributed by atoms with E-state index in [0.29, 0.717) is 12.5 Å². The van der Waals surface area contributed by atoms with Crippen LogP contribution in [0.25, 0.3) is 0 Å². The van der Waals surface area contributed by atoms with Gasteiger partial charge in [-0.25, -0.2) is 18.2 Å². The monoisotopic (exact) mass is 439 g/mol. The van der Waals surface area contributed by atoms with E-state index >= 15 is 0 Å². The summed E-state index contributed by atoms with van der Waals surface area (Å²) in [6, 6.07) is 6.09. The minimum absolute atomic E-state index is 0.214. The van der Waals surface area contributed by atoms with Crippen molar-refractivity contribution < 1.29 is 18.0 Å². The molecule has 162 valence electrons. The van der Waals surface area contributed by atoms with Crippen molar-refractivity contribution in [2.45, 2.75) is 25.8 Å². The Hall–Kier alpha value is -2.75. The molecule has 0 spiro atoms. The molecule has 0 unspecified atom stereocenters. The van der Waals surface area contributed by atoms with Crippen molar-refractivity contribution >= 4 is 33.9 Å². The summed E-state index contributed by atoms with van der Waals surface area (Å²) in [5.41, 5.74) is -0.423. The molecule has 1 fully saturated rings. The average Bonchev–Trinajstić information content (AvgIpc) is 3.28. The molecule has 0 bridgehead atoms. The summed E-state index contributed by atoms with van der Waals surface area (Å²) < 4.78 is 40.0. The highest BCUT2D eigenvalue weighted by Crippen LogP contribution is 2.24. The molecule has 1 aromatic heterocycles. The highest BCUT2D eigenvalue weighted by atomic mass is 32.1. The molecule has 3 rings (SSSR count). The van der Waals surface area contributed by atoms with Crippen LogP contribution in [0.5, 0.6) is 0 Å². The van der Waals surface area contributed by atoms with Crippen LogP contribution in [-0.2, 0) is 4.79 Å². The standard InChI is InChI=1S/C20H24F3N5OS/c1-2-24-20(26-13-7-9-28(10-8-13)17-4-3-11-30-17)25-12-16(29)27-15-6-5-14(21)18(22)19(15)23/h3-6,11,13H,2,7-10,12H2,1H3,(H,27,29)(H2,24,25,26). The summed E-state index contributed by atoms with van der Waals surface area (Å²) in [5.74, 6) is -4.53. The first kappa shape index (κ1) is 21.9. The molecule has 10 heteroatoms. The molecule has 1 aromatic carbocycles. The van der Waals surface area contributed by atoms with Gasteiger partial charge in [0.25, 0.3) is 0 Å². The second kappa shape index (κ2) is 10.3. The molecule has 0 atom stereocenters. The lowest BCUT2D eigenvalue weighted by Crippen LogP contribution is -2.48. The zero-order chi connectivity index (χ0) is 21.5. The molecule has 0 aliphatic carbocycles. The molecule has 1 aliphatic heterocycles. The Balaban J connectivity index is 1.53. The number of anilines is 2. The van der Waals surface area contributed by atoms with Gasteiger partial charge in [0.05, 0.1) is 10.7 Å². The molecule has 1 aliphatic rings. The number of hydrogen-bond acceptors (Lipinski definition) is 4. The first-order chi connectivity index (χ1) is 14.5. The van der Waals surface area contributed by atoms with Gasteiger partial charge in [0.2, 0.25) is 5.91 Å². The third-order valence-corrected chi connectivity index (χ3v) is 5.62. The molecule has 2 aromatic rings. The molecule has 2 heterocycles. The third-order valence-electron chi connectivity index (χ3n) is 4.69. The van der Waals surface area contributed by atoms with E-state index in [4.69, 9.17) is 0 Å². The van der Waals surface area contributed by atoms with Gasteiger partial charge >= 0.3 is 0 Å². The molecular formula is C20H24F3N5OS. The van der Waals surface area contributed by atoms with Crippen LogP contribution >= 0.6 is 11.3 Å². The van der Waals surface area contributed by atoms with Crippen molar-refractivity contribution in [2.24, 2.45) is 4.99 Å². The zero-order valence-electron chi connectivity index (χ0n) is 16.6. The number of amides is 1. The fraction of sp³-hybridized carbons (Fsp3) is 0.400. The van der Waals surface area contributed by atoms with Crippen LogP contribution in [0.4, 0.5) is 23.9 Å². The molecule has 0 saturated carbocycles. The topological polar surface area (TPSA) is 68.8 Å². The Bertz CT molecular complexity index is 883. The number of thiophene rings is 1. The number of aliphatic imine (C=N–C) groups is 1. The normalized spacial score (nSPS) is 15.2. The third kappa shape index (κ3) is 5.65. The van der Waals surface area contributed by atoms with Crippen LogP contribution in [0.3, 0.4) is 0 Å². The zero-order valence-corrected chi connectivity index (χ0v) is 17.4. The molecule has 1 amide bonds. The van der Waals surface area contributed by atoms with Crippen LogP contribution < -0.4 is 20.9 Å². The maximum Gasteiger partial charge on any atom is 0.246 e. The minimum Gasteiger partial charge on any atom is -0.363 e. The SMILES string of the molecule is CCNC(=NCC(=O)Nc1ccc(F)c(F)c1F)NC1CCN(c2cccs2)CC1. The first-order valence-corrected chi connectivity index (χ1v) is 10.6. The highest BCUT2D eigenvalue weighted by Gasteiger charge is 2.21. The first-order valence-electron chi connectivity index (χ1n) is 9.74. The van der Waals surface area contributed by atoms with Gasteiger partial charge < -0.3 is 20.9 Å². The van der Waals surface area contributed by atoms with Crippen LogP contribution in [0.15, 0.2) is 34.6 Å². The number of nitrogens with one attached hydrogen (secondary N) is 3. The summed E-state index contributed by atoms with van der Waals surface area (Å²) in [6.07, 6.45) is 1.85. The lowest BCUT2D eigenvalue weighted by molar-refractivity contribution is -0.114. The Kier molecular flexibility index (Phi) is 7.56. The largest absolute Gasteiger partial charge is 0.363 e. The van der Waals surface area contributed by atoms with E-state index in [1.165, 1.54) is 5.00 Å². The van der Waals surface area contributed by atoms with Crippen molar-refractivity contribution in [2.75, 3.05) is 36.4 Å². The summed E-state index contributed by atoms with van der Waals surface area (Å²) in [7, 11) is 0. The van der Waals surface area contributed by atoms with Crippen LogP contribution in [0.1, 0.15) is 19.8 Å². The van der Waals surface area contributed by atoms with E-state index in [9.17, 15) is 18.0 Å². The van der Waals surface area contributed by atoms with Gasteiger partial charge in [0.1, 0.15) is 6.54 Å². The number of halogens is 3. The van der Waals surface area contributed by atoms with E-state index in [1.54, 1.807) is 11.3 Å². The predicted octanol–water partition coefficient (Wildman–Crippen LogP) is 3.33. The second-order valence-electron chi connectivity index (χ2n) is 6.82. The minimum atomic E-state index is -1.62. The van der Waals surface area contributed by atoms with Gasteiger partial charge in [-0.1, -0.05) is 0 Å². The quantitative estimate of drug-likeness (QED) is 0.367. The number of hydrogen-bond donors (Lipinski definition) is 3. The summed E-state index contributed by atoms with van der Waals surface area (Å²) >= 11 is 1.72. The number of piperidine rings is 1. The van der Waals surface area contributed by atoms with Crippen molar-refractivity contribution in [1.29, 1.82) is 0 Å². The van der Waals surface area contributed by atoms with Crippen LogP contribution in [0, 0.1) is 17.5 Å². The summed E-state index contributed by atoms with van der Waals surface area (Å²) in [6.45, 7) is 4.08. The van der Waals surface area contributed by atoms with Crippen molar-refractivity contribution in [3.63, 3.8) is 0 Å². The smallest absolute Gasteiger partial charge is 0.246 e.